The molecule has 0 heteroatoms. The van der Waals surface area contributed by atoms with E-state index in [4.69, 9.17) is 12.8 Å². The Balaban J connectivity index is 2.18. The number of benzene rings is 4. The third kappa shape index (κ3) is 3.68. The minimum absolute atomic E-state index is 0.726. The molecule has 0 bridgehead atoms. The molecule has 140 valence electrons. The summed E-state index contributed by atoms with van der Waals surface area (Å²) in [6.45, 7) is 0. The van der Waals surface area contributed by atoms with Crippen molar-refractivity contribution in [1.82, 2.24) is 0 Å². The first-order valence-electron chi connectivity index (χ1n) is 9.80. The third-order valence-corrected chi connectivity index (χ3v) is 5.07. The summed E-state index contributed by atoms with van der Waals surface area (Å²) < 4.78 is 0. The fraction of sp³-hybridized carbons (Fsp3) is 0. The predicted octanol–water partition coefficient (Wildman–Crippen LogP) is 6.66. The molecule has 0 saturated heterocycles. The van der Waals surface area contributed by atoms with Crippen molar-refractivity contribution in [1.29, 1.82) is 0 Å². The third-order valence-electron chi connectivity index (χ3n) is 5.07. The largest absolute Gasteiger partial charge is 0.115 e. The molecule has 0 radical (unpaired) electrons. The highest BCUT2D eigenvalue weighted by Gasteiger charge is 2.19. The normalized spacial score (nSPS) is 9.93. The molecular weight excluding hydrogens is 360 g/mol. The zero-order chi connectivity index (χ0) is 20.8. The second-order valence-electron chi connectivity index (χ2n) is 6.86. The monoisotopic (exact) mass is 380 g/mol. The molecule has 4 aromatic rings. The highest BCUT2D eigenvalue weighted by Crippen LogP contribution is 2.38. The van der Waals surface area contributed by atoms with Gasteiger partial charge in [-0.3, -0.25) is 0 Å². The first-order chi connectivity index (χ1) is 14.8. The Morgan fingerprint density at radius 2 is 0.933 bits per heavy atom. The van der Waals surface area contributed by atoms with Gasteiger partial charge in [0.25, 0.3) is 0 Å². The van der Waals surface area contributed by atoms with Crippen LogP contribution >= 0.6 is 0 Å². The van der Waals surface area contributed by atoms with Gasteiger partial charge in [-0.05, 0) is 39.5 Å². The van der Waals surface area contributed by atoms with Crippen molar-refractivity contribution in [3.8, 4) is 24.7 Å². The van der Waals surface area contributed by atoms with E-state index in [9.17, 15) is 0 Å². The van der Waals surface area contributed by atoms with Crippen LogP contribution < -0.4 is 0 Å². The second kappa shape index (κ2) is 8.83. The maximum Gasteiger partial charge on any atom is 0.0477 e. The maximum atomic E-state index is 5.95. The average Bonchev–Trinajstić information content (AvgIpc) is 2.83. The van der Waals surface area contributed by atoms with Gasteiger partial charge in [0.1, 0.15) is 0 Å². The molecule has 4 rings (SSSR count). The van der Waals surface area contributed by atoms with Crippen molar-refractivity contribution in [2.75, 3.05) is 0 Å². The Hall–Kier alpha value is -4.26. The molecule has 0 aliphatic rings. The van der Waals surface area contributed by atoms with Crippen molar-refractivity contribution < 1.29 is 0 Å². The van der Waals surface area contributed by atoms with Gasteiger partial charge >= 0.3 is 0 Å². The van der Waals surface area contributed by atoms with Crippen LogP contribution in [0.2, 0.25) is 0 Å². The van der Waals surface area contributed by atoms with E-state index < -0.39 is 0 Å². The number of hydrogen-bond acceptors (Lipinski definition) is 0. The molecule has 0 fully saturated rings. The topological polar surface area (TPSA) is 0 Å². The number of rotatable bonds is 4. The molecule has 0 amide bonds. The molecule has 0 spiro atoms. The molecule has 4 aromatic carbocycles. The van der Waals surface area contributed by atoms with Crippen LogP contribution in [0.5, 0.6) is 0 Å². The summed E-state index contributed by atoms with van der Waals surface area (Å²) in [6.07, 6.45) is 11.7. The van der Waals surface area contributed by atoms with Crippen molar-refractivity contribution in [2.24, 2.45) is 0 Å². The standard InChI is InChI=1S/C30H20/c1-3-23-21-14-22-28(27(23)4-2)30(26-19-12-7-13-20-26)29(24-15-8-5-9-16-24)25-17-10-6-11-18-25/h1-2,5-22H. The van der Waals surface area contributed by atoms with E-state index in [2.05, 4.69) is 78.6 Å². The van der Waals surface area contributed by atoms with E-state index in [-0.39, 0.29) is 0 Å². The van der Waals surface area contributed by atoms with Crippen molar-refractivity contribution in [3.05, 3.63) is 143 Å². The van der Waals surface area contributed by atoms with Gasteiger partial charge in [0.2, 0.25) is 0 Å². The maximum absolute atomic E-state index is 5.95. The van der Waals surface area contributed by atoms with E-state index in [0.29, 0.717) is 0 Å². The van der Waals surface area contributed by atoms with Gasteiger partial charge in [-0.2, -0.15) is 0 Å². The highest BCUT2D eigenvalue weighted by molar-refractivity contribution is 6.05. The molecular formula is C30H20. The van der Waals surface area contributed by atoms with E-state index >= 15 is 0 Å². The molecule has 0 aliphatic carbocycles. The minimum atomic E-state index is 0.726. The molecule has 0 N–H and O–H groups in total. The Morgan fingerprint density at radius 3 is 1.37 bits per heavy atom. The zero-order valence-electron chi connectivity index (χ0n) is 16.5. The van der Waals surface area contributed by atoms with Crippen LogP contribution in [0, 0.1) is 24.7 Å². The minimum Gasteiger partial charge on any atom is -0.115 e. The molecule has 0 aromatic heterocycles. The van der Waals surface area contributed by atoms with Crippen LogP contribution in [0.1, 0.15) is 33.4 Å². The zero-order valence-corrected chi connectivity index (χ0v) is 16.5. The molecule has 0 aliphatic heterocycles. The van der Waals surface area contributed by atoms with Crippen LogP contribution in [-0.4, -0.2) is 0 Å². The summed E-state index contributed by atoms with van der Waals surface area (Å²) in [5.41, 5.74) is 7.94. The molecule has 0 heterocycles. The summed E-state index contributed by atoms with van der Waals surface area (Å²) in [6, 6.07) is 37.1. The number of terminal acetylenes is 2. The first kappa shape index (κ1) is 19.1. The van der Waals surface area contributed by atoms with E-state index in [0.717, 1.165) is 44.5 Å². The van der Waals surface area contributed by atoms with Gasteiger partial charge in [0.15, 0.2) is 0 Å². The van der Waals surface area contributed by atoms with Crippen LogP contribution in [0.25, 0.3) is 11.1 Å². The second-order valence-corrected chi connectivity index (χ2v) is 6.86. The quantitative estimate of drug-likeness (QED) is 0.274. The molecule has 0 unspecified atom stereocenters. The van der Waals surface area contributed by atoms with Crippen molar-refractivity contribution in [2.45, 2.75) is 0 Å². The van der Waals surface area contributed by atoms with Gasteiger partial charge in [-0.1, -0.05) is 115 Å². The molecule has 30 heavy (non-hydrogen) atoms. The Morgan fingerprint density at radius 1 is 0.467 bits per heavy atom. The lowest BCUT2D eigenvalue weighted by Crippen LogP contribution is -2.01. The van der Waals surface area contributed by atoms with Gasteiger partial charge in [-0.15, -0.1) is 12.8 Å². The Kier molecular flexibility index (Phi) is 5.61. The lowest BCUT2D eigenvalue weighted by atomic mass is 9.83. The summed E-state index contributed by atoms with van der Waals surface area (Å²) in [5, 5.41) is 0. The summed E-state index contributed by atoms with van der Waals surface area (Å²) >= 11 is 0. The lowest BCUT2D eigenvalue weighted by molar-refractivity contribution is 1.47. The van der Waals surface area contributed by atoms with E-state index in [1.807, 2.05) is 42.5 Å². The number of hydrogen-bond donors (Lipinski definition) is 0. The Bertz CT molecular complexity index is 1220. The van der Waals surface area contributed by atoms with Crippen molar-refractivity contribution >= 4 is 11.1 Å². The van der Waals surface area contributed by atoms with E-state index in [1.54, 1.807) is 0 Å². The van der Waals surface area contributed by atoms with Gasteiger partial charge < -0.3 is 0 Å². The van der Waals surface area contributed by atoms with Gasteiger partial charge in [0, 0.05) is 11.1 Å². The van der Waals surface area contributed by atoms with E-state index in [1.165, 1.54) is 0 Å². The molecule has 0 saturated carbocycles. The van der Waals surface area contributed by atoms with Crippen LogP contribution in [0.15, 0.2) is 109 Å². The highest BCUT2D eigenvalue weighted by atomic mass is 14.2. The van der Waals surface area contributed by atoms with Crippen LogP contribution in [0.3, 0.4) is 0 Å². The lowest BCUT2D eigenvalue weighted by Gasteiger charge is -2.19. The SMILES string of the molecule is C#Cc1cccc(C(=C(c2ccccc2)c2ccccc2)c2ccccc2)c1C#C. The molecule has 0 nitrogen and oxygen atoms in total. The first-order valence-corrected chi connectivity index (χ1v) is 9.80. The summed E-state index contributed by atoms with van der Waals surface area (Å²) in [5.74, 6) is 5.59. The van der Waals surface area contributed by atoms with Gasteiger partial charge in [0.05, 0.1) is 0 Å². The fourth-order valence-electron chi connectivity index (χ4n) is 3.74. The summed E-state index contributed by atoms with van der Waals surface area (Å²) in [7, 11) is 0. The predicted molar refractivity (Wildman–Crippen MR) is 127 cm³/mol. The smallest absolute Gasteiger partial charge is 0.0477 e. The summed E-state index contributed by atoms with van der Waals surface area (Å²) in [4.78, 5) is 0. The molecule has 0 atom stereocenters. The Labute approximate surface area is 178 Å². The van der Waals surface area contributed by atoms with Crippen LogP contribution in [-0.2, 0) is 0 Å². The van der Waals surface area contributed by atoms with Crippen molar-refractivity contribution in [3.63, 3.8) is 0 Å². The fourth-order valence-corrected chi connectivity index (χ4v) is 3.74. The van der Waals surface area contributed by atoms with Gasteiger partial charge in [-0.25, -0.2) is 0 Å². The average molecular weight is 380 g/mol. The van der Waals surface area contributed by atoms with Crippen LogP contribution in [0.4, 0.5) is 0 Å².